The number of nitrogens with two attached hydrogens (primary N) is 1. The SMILES string of the molecule is CC1CN(C(C)CN)CCC1N(C)C. The minimum atomic E-state index is 0.542. The molecule has 0 aromatic rings. The molecule has 1 rings (SSSR count). The molecular weight excluding hydrogens is 174 g/mol. The molecule has 3 heteroatoms. The molecule has 0 aliphatic carbocycles. The smallest absolute Gasteiger partial charge is 0.0190 e. The van der Waals surface area contributed by atoms with Gasteiger partial charge in [-0.25, -0.2) is 0 Å². The number of hydrogen-bond donors (Lipinski definition) is 1. The first-order chi connectivity index (χ1) is 6.56. The van der Waals surface area contributed by atoms with Crippen molar-refractivity contribution in [3.05, 3.63) is 0 Å². The highest BCUT2D eigenvalue weighted by Crippen LogP contribution is 2.21. The summed E-state index contributed by atoms with van der Waals surface area (Å²) >= 11 is 0. The Morgan fingerprint density at radius 3 is 2.57 bits per heavy atom. The monoisotopic (exact) mass is 199 g/mol. The van der Waals surface area contributed by atoms with Gasteiger partial charge in [-0.3, -0.25) is 4.90 Å². The van der Waals surface area contributed by atoms with E-state index >= 15 is 0 Å². The molecule has 2 N–H and O–H groups in total. The molecule has 1 heterocycles. The highest BCUT2D eigenvalue weighted by molar-refractivity contribution is 4.84. The molecule has 1 aliphatic rings. The minimum Gasteiger partial charge on any atom is -0.329 e. The lowest BCUT2D eigenvalue weighted by molar-refractivity contribution is 0.0726. The number of hydrogen-bond acceptors (Lipinski definition) is 3. The number of likely N-dealkylation sites (tertiary alicyclic amines) is 1. The van der Waals surface area contributed by atoms with Crippen molar-refractivity contribution in [2.45, 2.75) is 32.4 Å². The molecule has 0 aromatic heterocycles. The van der Waals surface area contributed by atoms with E-state index in [0.29, 0.717) is 6.04 Å². The van der Waals surface area contributed by atoms with Crippen LogP contribution in [-0.2, 0) is 0 Å². The Morgan fingerprint density at radius 2 is 2.14 bits per heavy atom. The first kappa shape index (κ1) is 12.0. The van der Waals surface area contributed by atoms with E-state index in [4.69, 9.17) is 5.73 Å². The fraction of sp³-hybridized carbons (Fsp3) is 1.00. The zero-order chi connectivity index (χ0) is 10.7. The molecule has 3 atom stereocenters. The maximum Gasteiger partial charge on any atom is 0.0190 e. The molecule has 0 amide bonds. The van der Waals surface area contributed by atoms with E-state index in [1.54, 1.807) is 0 Å². The first-order valence-electron chi connectivity index (χ1n) is 5.66. The van der Waals surface area contributed by atoms with Gasteiger partial charge in [0.25, 0.3) is 0 Å². The van der Waals surface area contributed by atoms with Gasteiger partial charge in [0.1, 0.15) is 0 Å². The van der Waals surface area contributed by atoms with Crippen molar-refractivity contribution in [1.29, 1.82) is 0 Å². The van der Waals surface area contributed by atoms with E-state index in [1.165, 1.54) is 19.5 Å². The van der Waals surface area contributed by atoms with Gasteiger partial charge < -0.3 is 10.6 Å². The Balaban J connectivity index is 2.46. The van der Waals surface area contributed by atoms with E-state index < -0.39 is 0 Å². The summed E-state index contributed by atoms with van der Waals surface area (Å²) in [6.45, 7) is 7.74. The van der Waals surface area contributed by atoms with Gasteiger partial charge in [-0.05, 0) is 39.9 Å². The van der Waals surface area contributed by atoms with E-state index in [0.717, 1.165) is 18.5 Å². The summed E-state index contributed by atoms with van der Waals surface area (Å²) < 4.78 is 0. The second-order valence-electron chi connectivity index (χ2n) is 4.88. The van der Waals surface area contributed by atoms with Gasteiger partial charge >= 0.3 is 0 Å². The second-order valence-corrected chi connectivity index (χ2v) is 4.88. The fourth-order valence-corrected chi connectivity index (χ4v) is 2.48. The fourth-order valence-electron chi connectivity index (χ4n) is 2.48. The van der Waals surface area contributed by atoms with Crippen LogP contribution in [0.2, 0.25) is 0 Å². The van der Waals surface area contributed by atoms with Crippen LogP contribution in [0, 0.1) is 5.92 Å². The summed E-state index contributed by atoms with van der Waals surface area (Å²) in [4.78, 5) is 4.87. The Labute approximate surface area is 88.2 Å². The maximum absolute atomic E-state index is 5.69. The Hall–Kier alpha value is -0.120. The zero-order valence-electron chi connectivity index (χ0n) is 10.0. The molecule has 1 aliphatic heterocycles. The molecule has 3 unspecified atom stereocenters. The van der Waals surface area contributed by atoms with E-state index in [-0.39, 0.29) is 0 Å². The largest absolute Gasteiger partial charge is 0.329 e. The van der Waals surface area contributed by atoms with Crippen molar-refractivity contribution in [2.24, 2.45) is 11.7 Å². The minimum absolute atomic E-state index is 0.542. The molecule has 0 saturated carbocycles. The van der Waals surface area contributed by atoms with Crippen molar-refractivity contribution < 1.29 is 0 Å². The Kier molecular flexibility index (Phi) is 4.35. The molecule has 0 radical (unpaired) electrons. The second kappa shape index (κ2) is 5.10. The van der Waals surface area contributed by atoms with E-state index in [9.17, 15) is 0 Å². The number of piperidine rings is 1. The van der Waals surface area contributed by atoms with Gasteiger partial charge in [0.2, 0.25) is 0 Å². The van der Waals surface area contributed by atoms with Crippen LogP contribution in [0.4, 0.5) is 0 Å². The first-order valence-corrected chi connectivity index (χ1v) is 5.66. The molecular formula is C11H25N3. The van der Waals surface area contributed by atoms with Gasteiger partial charge in [-0.1, -0.05) is 6.92 Å². The van der Waals surface area contributed by atoms with Crippen molar-refractivity contribution in [2.75, 3.05) is 33.7 Å². The van der Waals surface area contributed by atoms with Crippen LogP contribution in [-0.4, -0.2) is 55.6 Å². The molecule has 0 aromatic carbocycles. The third-order valence-corrected chi connectivity index (χ3v) is 3.52. The standard InChI is InChI=1S/C11H25N3/c1-9-8-14(10(2)7-12)6-5-11(9)13(3)4/h9-11H,5-8,12H2,1-4H3. The normalized spacial score (nSPS) is 32.1. The van der Waals surface area contributed by atoms with Crippen LogP contribution < -0.4 is 5.73 Å². The molecule has 84 valence electrons. The highest BCUT2D eigenvalue weighted by Gasteiger charge is 2.28. The van der Waals surface area contributed by atoms with Crippen LogP contribution in [0.15, 0.2) is 0 Å². The highest BCUT2D eigenvalue weighted by atomic mass is 15.2. The van der Waals surface area contributed by atoms with Crippen LogP contribution in [0.3, 0.4) is 0 Å². The zero-order valence-corrected chi connectivity index (χ0v) is 10.0. The van der Waals surface area contributed by atoms with Crippen LogP contribution >= 0.6 is 0 Å². The predicted molar refractivity (Wildman–Crippen MR) is 61.3 cm³/mol. The summed E-state index contributed by atoms with van der Waals surface area (Å²) in [5.41, 5.74) is 5.69. The molecule has 1 fully saturated rings. The lowest BCUT2D eigenvalue weighted by Gasteiger charge is -2.42. The molecule has 0 bridgehead atoms. The number of nitrogens with zero attached hydrogens (tertiary/aromatic N) is 2. The predicted octanol–water partition coefficient (Wildman–Crippen LogP) is 0.606. The molecule has 1 saturated heterocycles. The summed E-state index contributed by atoms with van der Waals surface area (Å²) in [7, 11) is 4.37. The lowest BCUT2D eigenvalue weighted by atomic mass is 9.92. The molecule has 14 heavy (non-hydrogen) atoms. The van der Waals surface area contributed by atoms with Crippen molar-refractivity contribution >= 4 is 0 Å². The van der Waals surface area contributed by atoms with Gasteiger partial charge in [0.15, 0.2) is 0 Å². The number of rotatable bonds is 3. The van der Waals surface area contributed by atoms with Gasteiger partial charge in [-0.2, -0.15) is 0 Å². The van der Waals surface area contributed by atoms with E-state index in [2.05, 4.69) is 37.7 Å². The third kappa shape index (κ3) is 2.69. The van der Waals surface area contributed by atoms with Gasteiger partial charge in [0.05, 0.1) is 0 Å². The summed E-state index contributed by atoms with van der Waals surface area (Å²) in [5, 5.41) is 0. The maximum atomic E-state index is 5.69. The van der Waals surface area contributed by atoms with Crippen molar-refractivity contribution in [1.82, 2.24) is 9.80 Å². The van der Waals surface area contributed by atoms with E-state index in [1.807, 2.05) is 0 Å². The third-order valence-electron chi connectivity index (χ3n) is 3.52. The summed E-state index contributed by atoms with van der Waals surface area (Å²) in [6.07, 6.45) is 1.28. The Morgan fingerprint density at radius 1 is 1.50 bits per heavy atom. The van der Waals surface area contributed by atoms with Gasteiger partial charge in [-0.15, -0.1) is 0 Å². The summed E-state index contributed by atoms with van der Waals surface area (Å²) in [5.74, 6) is 0.757. The average molecular weight is 199 g/mol. The summed E-state index contributed by atoms with van der Waals surface area (Å²) in [6, 6.07) is 1.29. The molecule has 3 nitrogen and oxygen atoms in total. The van der Waals surface area contributed by atoms with Crippen LogP contribution in [0.5, 0.6) is 0 Å². The van der Waals surface area contributed by atoms with Crippen molar-refractivity contribution in [3.8, 4) is 0 Å². The average Bonchev–Trinajstić information content (AvgIpc) is 2.15. The van der Waals surface area contributed by atoms with Gasteiger partial charge in [0, 0.05) is 25.2 Å². The topological polar surface area (TPSA) is 32.5 Å². The van der Waals surface area contributed by atoms with Crippen LogP contribution in [0.25, 0.3) is 0 Å². The molecule has 0 spiro atoms. The van der Waals surface area contributed by atoms with Crippen molar-refractivity contribution in [3.63, 3.8) is 0 Å². The quantitative estimate of drug-likeness (QED) is 0.723. The Bertz CT molecular complexity index is 170. The lowest BCUT2D eigenvalue weighted by Crippen LogP contribution is -2.51. The van der Waals surface area contributed by atoms with Crippen LogP contribution in [0.1, 0.15) is 20.3 Å².